The zero-order valence-corrected chi connectivity index (χ0v) is 16.9. The van der Waals surface area contributed by atoms with Gasteiger partial charge in [0.1, 0.15) is 17.3 Å². The van der Waals surface area contributed by atoms with Crippen molar-refractivity contribution in [1.82, 2.24) is 15.2 Å². The molecule has 2 heterocycles. The van der Waals surface area contributed by atoms with Crippen molar-refractivity contribution in [2.24, 2.45) is 0 Å². The minimum absolute atomic E-state index is 0.175. The van der Waals surface area contributed by atoms with E-state index in [2.05, 4.69) is 15.2 Å². The first-order valence-corrected chi connectivity index (χ1v) is 9.95. The number of aromatic nitrogens is 1. The molecule has 1 aliphatic heterocycles. The molecule has 1 aromatic carbocycles. The van der Waals surface area contributed by atoms with Gasteiger partial charge in [-0.15, -0.1) is 11.3 Å². The molecule has 3 rings (SSSR count). The molecule has 2 aromatic rings. The Bertz CT molecular complexity index is 754. The standard InChI is InChI=1S/C19H25N3O5S/c1-24-15-4-3-5-16(25-2)18(15)27-12-17-21-14(13-28-17)19(23)20-6-7-22-8-10-26-11-9-22/h3-5,13H,6-12H2,1-2H3,(H,20,23). The van der Waals surface area contributed by atoms with Crippen molar-refractivity contribution in [1.29, 1.82) is 0 Å². The van der Waals surface area contributed by atoms with Crippen LogP contribution in [0, 0.1) is 0 Å². The van der Waals surface area contributed by atoms with Gasteiger partial charge in [-0.2, -0.15) is 0 Å². The van der Waals surface area contributed by atoms with Crippen LogP contribution in [0.25, 0.3) is 0 Å². The molecule has 1 fully saturated rings. The number of thiazole rings is 1. The molecule has 152 valence electrons. The molecule has 0 bridgehead atoms. The van der Waals surface area contributed by atoms with Crippen molar-refractivity contribution in [3.63, 3.8) is 0 Å². The number of carbonyl (C=O) groups excluding carboxylic acids is 1. The molecule has 1 N–H and O–H groups in total. The van der Waals surface area contributed by atoms with E-state index in [0.29, 0.717) is 34.5 Å². The summed E-state index contributed by atoms with van der Waals surface area (Å²) in [6, 6.07) is 5.42. The Morgan fingerprint density at radius 2 is 1.96 bits per heavy atom. The molecular weight excluding hydrogens is 382 g/mol. The van der Waals surface area contributed by atoms with E-state index in [1.165, 1.54) is 11.3 Å². The molecule has 0 spiro atoms. The second-order valence-corrected chi connectivity index (χ2v) is 7.06. The Morgan fingerprint density at radius 1 is 1.25 bits per heavy atom. The predicted octanol–water partition coefficient (Wildman–Crippen LogP) is 1.80. The molecule has 0 radical (unpaired) electrons. The monoisotopic (exact) mass is 407 g/mol. The van der Waals surface area contributed by atoms with Crippen LogP contribution in [-0.4, -0.2) is 69.4 Å². The highest BCUT2D eigenvalue weighted by atomic mass is 32.1. The average molecular weight is 407 g/mol. The number of nitrogens with zero attached hydrogens (tertiary/aromatic N) is 2. The van der Waals surface area contributed by atoms with E-state index in [4.69, 9.17) is 18.9 Å². The number of methoxy groups -OCH3 is 2. The zero-order chi connectivity index (χ0) is 19.8. The lowest BCUT2D eigenvalue weighted by Gasteiger charge is -2.26. The highest BCUT2D eigenvalue weighted by Gasteiger charge is 2.15. The average Bonchev–Trinajstić information content (AvgIpc) is 3.21. The van der Waals surface area contributed by atoms with E-state index >= 15 is 0 Å². The van der Waals surface area contributed by atoms with Crippen molar-refractivity contribution >= 4 is 17.2 Å². The molecule has 28 heavy (non-hydrogen) atoms. The van der Waals surface area contributed by atoms with Gasteiger partial charge in [-0.1, -0.05) is 6.07 Å². The second kappa shape index (κ2) is 10.3. The lowest BCUT2D eigenvalue weighted by molar-refractivity contribution is 0.0383. The van der Waals surface area contributed by atoms with Gasteiger partial charge in [0.15, 0.2) is 11.5 Å². The molecule has 0 aliphatic carbocycles. The van der Waals surface area contributed by atoms with Gasteiger partial charge in [0.2, 0.25) is 5.75 Å². The minimum atomic E-state index is -0.175. The van der Waals surface area contributed by atoms with Crippen LogP contribution >= 0.6 is 11.3 Å². The van der Waals surface area contributed by atoms with Crippen LogP contribution in [0.1, 0.15) is 15.5 Å². The molecule has 1 aliphatic rings. The van der Waals surface area contributed by atoms with Crippen LogP contribution in [0.15, 0.2) is 23.6 Å². The predicted molar refractivity (Wildman–Crippen MR) is 106 cm³/mol. The zero-order valence-electron chi connectivity index (χ0n) is 16.1. The van der Waals surface area contributed by atoms with E-state index in [1.54, 1.807) is 31.7 Å². The molecule has 0 unspecified atom stereocenters. The van der Waals surface area contributed by atoms with Gasteiger partial charge in [0, 0.05) is 31.6 Å². The quantitative estimate of drug-likeness (QED) is 0.679. The highest BCUT2D eigenvalue weighted by Crippen LogP contribution is 2.37. The SMILES string of the molecule is COc1cccc(OC)c1OCc1nc(C(=O)NCCN2CCOCC2)cs1. The van der Waals surface area contributed by atoms with E-state index < -0.39 is 0 Å². The Hall–Kier alpha value is -2.36. The third-order valence-corrected chi connectivity index (χ3v) is 5.15. The molecule has 0 atom stereocenters. The Morgan fingerprint density at radius 3 is 2.64 bits per heavy atom. The fraction of sp³-hybridized carbons (Fsp3) is 0.474. The lowest BCUT2D eigenvalue weighted by atomic mass is 10.3. The van der Waals surface area contributed by atoms with Crippen LogP contribution in [0.3, 0.4) is 0 Å². The van der Waals surface area contributed by atoms with E-state index in [1.807, 2.05) is 6.07 Å². The summed E-state index contributed by atoms with van der Waals surface area (Å²) < 4.78 is 21.8. The van der Waals surface area contributed by atoms with Crippen molar-refractivity contribution in [2.45, 2.75) is 6.61 Å². The van der Waals surface area contributed by atoms with Crippen LogP contribution in [-0.2, 0) is 11.3 Å². The van der Waals surface area contributed by atoms with Crippen LogP contribution in [0.5, 0.6) is 17.2 Å². The molecule has 0 saturated carbocycles. The van der Waals surface area contributed by atoms with Crippen molar-refractivity contribution in [3.05, 3.63) is 34.3 Å². The van der Waals surface area contributed by atoms with E-state index in [-0.39, 0.29) is 12.5 Å². The maximum absolute atomic E-state index is 12.3. The first-order chi connectivity index (χ1) is 13.7. The number of morpholine rings is 1. The summed E-state index contributed by atoms with van der Waals surface area (Å²) in [5.74, 6) is 1.50. The number of ether oxygens (including phenoxy) is 4. The van der Waals surface area contributed by atoms with Crippen molar-refractivity contribution in [3.8, 4) is 17.2 Å². The summed E-state index contributed by atoms with van der Waals surface area (Å²) in [5.41, 5.74) is 0.401. The molecule has 1 amide bonds. The molecular formula is C19H25N3O5S. The third-order valence-electron chi connectivity index (χ3n) is 4.32. The molecule has 1 aromatic heterocycles. The number of amides is 1. The maximum Gasteiger partial charge on any atom is 0.270 e. The van der Waals surface area contributed by atoms with E-state index in [0.717, 1.165) is 32.8 Å². The first-order valence-electron chi connectivity index (χ1n) is 9.07. The fourth-order valence-electron chi connectivity index (χ4n) is 2.82. The summed E-state index contributed by atoms with van der Waals surface area (Å²) in [4.78, 5) is 18.9. The number of hydrogen-bond acceptors (Lipinski definition) is 8. The third kappa shape index (κ3) is 5.34. The topological polar surface area (TPSA) is 82.1 Å². The number of benzene rings is 1. The number of carbonyl (C=O) groups is 1. The van der Waals surface area contributed by atoms with Gasteiger partial charge in [-0.25, -0.2) is 4.98 Å². The Kier molecular flexibility index (Phi) is 7.46. The summed E-state index contributed by atoms with van der Waals surface area (Å²) in [6.45, 7) is 4.92. The summed E-state index contributed by atoms with van der Waals surface area (Å²) in [7, 11) is 3.15. The highest BCUT2D eigenvalue weighted by molar-refractivity contribution is 7.09. The molecule has 1 saturated heterocycles. The van der Waals surface area contributed by atoms with Gasteiger partial charge >= 0.3 is 0 Å². The van der Waals surface area contributed by atoms with Gasteiger partial charge < -0.3 is 24.3 Å². The number of para-hydroxylation sites is 1. The fourth-order valence-corrected chi connectivity index (χ4v) is 3.50. The van der Waals surface area contributed by atoms with Crippen molar-refractivity contribution < 1.29 is 23.7 Å². The van der Waals surface area contributed by atoms with Crippen LogP contribution in [0.4, 0.5) is 0 Å². The smallest absolute Gasteiger partial charge is 0.270 e. The lowest BCUT2D eigenvalue weighted by Crippen LogP contribution is -2.41. The number of rotatable bonds is 9. The van der Waals surface area contributed by atoms with Gasteiger partial charge in [0.05, 0.1) is 27.4 Å². The molecule has 9 heteroatoms. The van der Waals surface area contributed by atoms with E-state index in [9.17, 15) is 4.79 Å². The van der Waals surface area contributed by atoms with Crippen molar-refractivity contribution in [2.75, 3.05) is 53.6 Å². The second-order valence-electron chi connectivity index (χ2n) is 6.12. The van der Waals surface area contributed by atoms with Gasteiger partial charge in [0.25, 0.3) is 5.91 Å². The van der Waals surface area contributed by atoms with Gasteiger partial charge in [-0.05, 0) is 12.1 Å². The van der Waals surface area contributed by atoms with Crippen LogP contribution < -0.4 is 19.5 Å². The number of nitrogens with one attached hydrogen (secondary N) is 1. The Labute approximate surface area is 168 Å². The normalized spacial score (nSPS) is 14.5. The summed E-state index contributed by atoms with van der Waals surface area (Å²) in [6.07, 6.45) is 0. The Balaban J connectivity index is 1.50. The van der Waals surface area contributed by atoms with Crippen LogP contribution in [0.2, 0.25) is 0 Å². The first kappa shape index (κ1) is 20.4. The minimum Gasteiger partial charge on any atom is -0.493 e. The van der Waals surface area contributed by atoms with Gasteiger partial charge in [-0.3, -0.25) is 9.69 Å². The molecule has 8 nitrogen and oxygen atoms in total. The largest absolute Gasteiger partial charge is 0.493 e. The summed E-state index contributed by atoms with van der Waals surface area (Å²) >= 11 is 1.38. The maximum atomic E-state index is 12.3. The summed E-state index contributed by atoms with van der Waals surface area (Å²) in [5, 5.41) is 5.35. The number of hydrogen-bond donors (Lipinski definition) is 1.